The number of likely N-dealkylation sites (tertiary alicyclic amines) is 1. The SMILES string of the molecule is COc1cc(C=C2SC(=O)NC2=O)ccc1Oc1ncnc(OC2CCN(C(=O)O)C(C(C)(C)C)C2)c1C. The standard InChI is InChI=1S/C26H30N4O7S/c1-14-22(36-16-8-9-30(25(33)34)20(12-16)26(2,3)4)27-13-28-23(14)37-17-7-6-15(10-18(17)35-5)11-19-21(31)29-24(32)38-19/h6-7,10-11,13,16,20H,8-9,12H2,1-5H3,(H,33,34)(H,29,31,32). The van der Waals surface area contributed by atoms with Crippen LogP contribution in [0.1, 0.15) is 44.7 Å². The average Bonchev–Trinajstić information content (AvgIpc) is 3.17. The quantitative estimate of drug-likeness (QED) is 0.487. The average molecular weight is 543 g/mol. The van der Waals surface area contributed by atoms with Crippen molar-refractivity contribution >= 4 is 35.1 Å². The lowest BCUT2D eigenvalue weighted by Crippen LogP contribution is -2.53. The van der Waals surface area contributed by atoms with Gasteiger partial charge in [0.15, 0.2) is 11.5 Å². The van der Waals surface area contributed by atoms with Crippen LogP contribution in [0, 0.1) is 12.3 Å². The Morgan fingerprint density at radius 3 is 2.58 bits per heavy atom. The van der Waals surface area contributed by atoms with Gasteiger partial charge < -0.3 is 24.2 Å². The number of hydrogen-bond acceptors (Lipinski definition) is 9. The summed E-state index contributed by atoms with van der Waals surface area (Å²) in [6, 6.07) is 4.91. The fraction of sp³-hybridized carbons (Fsp3) is 0.423. The number of carboxylic acid groups (broad SMARTS) is 1. The Kier molecular flexibility index (Phi) is 7.81. The van der Waals surface area contributed by atoms with Crippen LogP contribution in [-0.2, 0) is 4.79 Å². The zero-order chi connectivity index (χ0) is 27.6. The maximum atomic E-state index is 11.8. The van der Waals surface area contributed by atoms with Crippen molar-refractivity contribution in [3.05, 3.63) is 40.6 Å². The van der Waals surface area contributed by atoms with Crippen molar-refractivity contribution in [3.63, 3.8) is 0 Å². The molecule has 2 N–H and O–H groups in total. The molecule has 2 aliphatic heterocycles. The molecule has 3 heterocycles. The molecule has 4 rings (SSSR count). The molecule has 1 aromatic heterocycles. The summed E-state index contributed by atoms with van der Waals surface area (Å²) < 4.78 is 17.8. The number of carbonyl (C=O) groups is 3. The van der Waals surface area contributed by atoms with Crippen LogP contribution in [0.2, 0.25) is 0 Å². The molecule has 2 aromatic rings. The second-order valence-electron chi connectivity index (χ2n) is 10.1. The zero-order valence-electron chi connectivity index (χ0n) is 21.8. The van der Waals surface area contributed by atoms with Crippen LogP contribution in [-0.4, -0.2) is 63.0 Å². The lowest BCUT2D eigenvalue weighted by Gasteiger charge is -2.44. The van der Waals surface area contributed by atoms with Crippen molar-refractivity contribution in [2.45, 2.75) is 52.7 Å². The number of amides is 3. The second-order valence-corrected chi connectivity index (χ2v) is 11.1. The van der Waals surface area contributed by atoms with Gasteiger partial charge in [0.05, 0.1) is 17.6 Å². The first kappa shape index (κ1) is 27.2. The number of nitrogens with zero attached hydrogens (tertiary/aromatic N) is 3. The molecular formula is C26H30N4O7S. The number of thioether (sulfide) groups is 1. The van der Waals surface area contributed by atoms with Gasteiger partial charge in [-0.05, 0) is 47.9 Å². The molecule has 202 valence electrons. The molecule has 38 heavy (non-hydrogen) atoms. The third-order valence-corrected chi connectivity index (χ3v) is 7.21. The monoisotopic (exact) mass is 542 g/mol. The summed E-state index contributed by atoms with van der Waals surface area (Å²) in [7, 11) is 1.50. The van der Waals surface area contributed by atoms with Crippen LogP contribution >= 0.6 is 11.8 Å². The van der Waals surface area contributed by atoms with Crippen LogP contribution in [0.4, 0.5) is 9.59 Å². The number of benzene rings is 1. The van der Waals surface area contributed by atoms with Crippen LogP contribution in [0.5, 0.6) is 23.3 Å². The summed E-state index contributed by atoms with van der Waals surface area (Å²) in [6.45, 7) is 8.23. The number of carbonyl (C=O) groups excluding carboxylic acids is 2. The molecule has 2 atom stereocenters. The third kappa shape index (κ3) is 6.01. The second kappa shape index (κ2) is 10.9. The van der Waals surface area contributed by atoms with Crippen molar-refractivity contribution in [1.82, 2.24) is 20.2 Å². The van der Waals surface area contributed by atoms with Gasteiger partial charge in [-0.15, -0.1) is 0 Å². The van der Waals surface area contributed by atoms with E-state index in [0.717, 1.165) is 11.8 Å². The van der Waals surface area contributed by atoms with Gasteiger partial charge in [0.2, 0.25) is 11.8 Å². The van der Waals surface area contributed by atoms with E-state index in [0.29, 0.717) is 52.8 Å². The van der Waals surface area contributed by atoms with Crippen molar-refractivity contribution in [2.75, 3.05) is 13.7 Å². The number of rotatable bonds is 6. The zero-order valence-corrected chi connectivity index (χ0v) is 22.6. The summed E-state index contributed by atoms with van der Waals surface area (Å²) in [5.74, 6) is 1.01. The Morgan fingerprint density at radius 2 is 1.95 bits per heavy atom. The highest BCUT2D eigenvalue weighted by Crippen LogP contribution is 2.37. The van der Waals surface area contributed by atoms with Crippen LogP contribution in [0.3, 0.4) is 0 Å². The number of piperidine rings is 1. The summed E-state index contributed by atoms with van der Waals surface area (Å²) in [5, 5.41) is 11.4. The van der Waals surface area contributed by atoms with Gasteiger partial charge >= 0.3 is 6.09 Å². The minimum absolute atomic E-state index is 0.193. The molecular weight excluding hydrogens is 512 g/mol. The summed E-state index contributed by atoms with van der Waals surface area (Å²) >= 11 is 0.836. The highest BCUT2D eigenvalue weighted by atomic mass is 32.2. The molecule has 12 heteroatoms. The molecule has 0 spiro atoms. The van der Waals surface area contributed by atoms with E-state index < -0.39 is 17.2 Å². The molecule has 2 unspecified atom stereocenters. The minimum Gasteiger partial charge on any atom is -0.493 e. The van der Waals surface area contributed by atoms with E-state index in [9.17, 15) is 19.5 Å². The predicted octanol–water partition coefficient (Wildman–Crippen LogP) is 4.85. The van der Waals surface area contributed by atoms with Crippen LogP contribution in [0.25, 0.3) is 6.08 Å². The lowest BCUT2D eigenvalue weighted by molar-refractivity contribution is -0.115. The molecule has 2 aliphatic rings. The first-order valence-electron chi connectivity index (χ1n) is 12.0. The maximum absolute atomic E-state index is 11.8. The van der Waals surface area contributed by atoms with Crippen molar-refractivity contribution in [3.8, 4) is 23.3 Å². The molecule has 0 radical (unpaired) electrons. The Balaban J connectivity index is 1.51. The van der Waals surface area contributed by atoms with E-state index in [2.05, 4.69) is 15.3 Å². The number of aromatic nitrogens is 2. The van der Waals surface area contributed by atoms with Gasteiger partial charge in [-0.25, -0.2) is 14.8 Å². The van der Waals surface area contributed by atoms with E-state index in [1.807, 2.05) is 20.8 Å². The molecule has 1 aromatic carbocycles. The molecule has 2 fully saturated rings. The number of ether oxygens (including phenoxy) is 3. The molecule has 3 amide bonds. The van der Waals surface area contributed by atoms with Crippen molar-refractivity contribution in [2.24, 2.45) is 5.41 Å². The van der Waals surface area contributed by atoms with Crippen molar-refractivity contribution < 1.29 is 33.7 Å². The first-order chi connectivity index (χ1) is 18.0. The molecule has 0 bridgehead atoms. The summed E-state index contributed by atoms with van der Waals surface area (Å²) in [5.41, 5.74) is 1.00. The fourth-order valence-corrected chi connectivity index (χ4v) is 5.11. The lowest BCUT2D eigenvalue weighted by atomic mass is 9.80. The predicted molar refractivity (Wildman–Crippen MR) is 141 cm³/mol. The summed E-state index contributed by atoms with van der Waals surface area (Å²) in [4.78, 5) is 45.3. The fourth-order valence-electron chi connectivity index (χ4n) is 4.42. The Hall–Kier alpha value is -3.80. The largest absolute Gasteiger partial charge is 0.493 e. The summed E-state index contributed by atoms with van der Waals surface area (Å²) in [6.07, 6.45) is 2.90. The number of nitrogens with one attached hydrogen (secondary N) is 1. The van der Waals surface area contributed by atoms with Gasteiger partial charge in [0.1, 0.15) is 12.4 Å². The number of hydrogen-bond donors (Lipinski definition) is 2. The Labute approximate surface area is 224 Å². The number of methoxy groups -OCH3 is 1. The maximum Gasteiger partial charge on any atom is 0.407 e. The normalized spacial score (nSPS) is 20.9. The topological polar surface area (TPSA) is 140 Å². The van der Waals surface area contributed by atoms with E-state index in [1.54, 1.807) is 31.2 Å². The highest BCUT2D eigenvalue weighted by Gasteiger charge is 2.39. The molecule has 2 saturated heterocycles. The Morgan fingerprint density at radius 1 is 1.21 bits per heavy atom. The van der Waals surface area contributed by atoms with E-state index in [1.165, 1.54) is 18.3 Å². The molecule has 0 aliphatic carbocycles. The van der Waals surface area contributed by atoms with Crippen LogP contribution < -0.4 is 19.5 Å². The van der Waals surface area contributed by atoms with Gasteiger partial charge in [-0.3, -0.25) is 14.9 Å². The van der Waals surface area contributed by atoms with Crippen LogP contribution in [0.15, 0.2) is 29.4 Å². The van der Waals surface area contributed by atoms with Gasteiger partial charge in [-0.2, -0.15) is 0 Å². The van der Waals surface area contributed by atoms with Crippen molar-refractivity contribution in [1.29, 1.82) is 0 Å². The Bertz CT molecular complexity index is 1290. The molecule has 0 saturated carbocycles. The van der Waals surface area contributed by atoms with E-state index in [4.69, 9.17) is 14.2 Å². The third-order valence-electron chi connectivity index (χ3n) is 6.40. The number of imide groups is 1. The highest BCUT2D eigenvalue weighted by molar-refractivity contribution is 8.18. The minimum atomic E-state index is -0.924. The van der Waals surface area contributed by atoms with Gasteiger partial charge in [0, 0.05) is 25.4 Å². The van der Waals surface area contributed by atoms with E-state index >= 15 is 0 Å². The first-order valence-corrected chi connectivity index (χ1v) is 12.9. The van der Waals surface area contributed by atoms with E-state index in [-0.39, 0.29) is 23.4 Å². The van der Waals surface area contributed by atoms with Gasteiger partial charge in [0.25, 0.3) is 11.1 Å². The smallest absolute Gasteiger partial charge is 0.407 e. The van der Waals surface area contributed by atoms with Gasteiger partial charge in [-0.1, -0.05) is 26.8 Å². The molecule has 11 nitrogen and oxygen atoms in total.